The molecular formula is C22H31NO2. The van der Waals surface area contributed by atoms with E-state index < -0.39 is 0 Å². The van der Waals surface area contributed by atoms with Gasteiger partial charge in [-0.1, -0.05) is 26.8 Å². The van der Waals surface area contributed by atoms with Gasteiger partial charge in [-0.2, -0.15) is 0 Å². The van der Waals surface area contributed by atoms with Gasteiger partial charge in [0.2, 0.25) is 0 Å². The Morgan fingerprint density at radius 3 is 2.52 bits per heavy atom. The molecule has 0 bridgehead atoms. The molecule has 0 saturated heterocycles. The third-order valence-electron chi connectivity index (χ3n) is 5.37. The van der Waals surface area contributed by atoms with Crippen LogP contribution in [0.5, 0.6) is 5.75 Å². The lowest BCUT2D eigenvalue weighted by atomic mass is 9.71. The van der Waals surface area contributed by atoms with Crippen molar-refractivity contribution in [2.75, 3.05) is 25.1 Å². The Labute approximate surface area is 152 Å². The molecule has 1 unspecified atom stereocenters. The molecule has 1 atom stereocenters. The highest BCUT2D eigenvalue weighted by molar-refractivity contribution is 5.60. The van der Waals surface area contributed by atoms with Crippen LogP contribution in [-0.4, -0.2) is 20.2 Å². The van der Waals surface area contributed by atoms with E-state index in [9.17, 15) is 0 Å². The van der Waals surface area contributed by atoms with Crippen molar-refractivity contribution in [3.05, 3.63) is 46.9 Å². The van der Waals surface area contributed by atoms with Gasteiger partial charge in [0.25, 0.3) is 0 Å². The molecule has 0 saturated carbocycles. The molecule has 1 aliphatic heterocycles. The first-order valence-electron chi connectivity index (χ1n) is 9.42. The van der Waals surface area contributed by atoms with E-state index in [-0.39, 0.29) is 5.41 Å². The number of hydrogen-bond acceptors (Lipinski definition) is 3. The van der Waals surface area contributed by atoms with E-state index >= 15 is 0 Å². The molecule has 25 heavy (non-hydrogen) atoms. The molecule has 0 N–H and O–H groups in total. The summed E-state index contributed by atoms with van der Waals surface area (Å²) in [5, 5.41) is 0. The van der Waals surface area contributed by atoms with Crippen molar-refractivity contribution in [1.82, 2.24) is 0 Å². The van der Waals surface area contributed by atoms with Gasteiger partial charge >= 0.3 is 0 Å². The van der Waals surface area contributed by atoms with Crippen LogP contribution in [-0.2, 0) is 4.74 Å². The molecule has 0 radical (unpaired) electrons. The summed E-state index contributed by atoms with van der Waals surface area (Å²) < 4.78 is 11.7. The van der Waals surface area contributed by atoms with Crippen molar-refractivity contribution in [1.29, 1.82) is 0 Å². The van der Waals surface area contributed by atoms with Crippen LogP contribution < -0.4 is 9.64 Å². The molecule has 1 aromatic rings. The second kappa shape index (κ2) is 6.78. The Balaban J connectivity index is 2.10. The monoisotopic (exact) mass is 341 g/mol. The van der Waals surface area contributed by atoms with Crippen LogP contribution in [0.2, 0.25) is 0 Å². The summed E-state index contributed by atoms with van der Waals surface area (Å²) in [4.78, 5) is 2.36. The quantitative estimate of drug-likeness (QED) is 0.662. The summed E-state index contributed by atoms with van der Waals surface area (Å²) in [5.74, 6) is 2.44. The van der Waals surface area contributed by atoms with E-state index in [0.717, 1.165) is 37.4 Å². The van der Waals surface area contributed by atoms with Crippen molar-refractivity contribution in [2.45, 2.75) is 53.4 Å². The molecule has 3 nitrogen and oxygen atoms in total. The van der Waals surface area contributed by atoms with Gasteiger partial charge in [-0.15, -0.1) is 0 Å². The average Bonchev–Trinajstić information content (AvgIpc) is 2.95. The van der Waals surface area contributed by atoms with Crippen molar-refractivity contribution in [2.24, 2.45) is 5.41 Å². The maximum atomic E-state index is 6.43. The highest BCUT2D eigenvalue weighted by atomic mass is 16.5. The van der Waals surface area contributed by atoms with Crippen LogP contribution in [0.4, 0.5) is 5.69 Å². The average molecular weight is 341 g/mol. The molecule has 1 aliphatic carbocycles. The molecular weight excluding hydrogens is 310 g/mol. The van der Waals surface area contributed by atoms with Gasteiger partial charge in [-0.05, 0) is 43.7 Å². The fourth-order valence-corrected chi connectivity index (χ4v) is 4.29. The van der Waals surface area contributed by atoms with Gasteiger partial charge in [0.15, 0.2) is 0 Å². The van der Waals surface area contributed by atoms with Crippen LogP contribution in [0, 0.1) is 5.41 Å². The number of anilines is 1. The molecule has 0 fully saturated rings. The fraction of sp³-hybridized carbons (Fsp3) is 0.545. The van der Waals surface area contributed by atoms with Crippen molar-refractivity contribution in [3.63, 3.8) is 0 Å². The Kier molecular flexibility index (Phi) is 4.86. The molecule has 0 spiro atoms. The fourth-order valence-electron chi connectivity index (χ4n) is 4.29. The van der Waals surface area contributed by atoms with E-state index in [0.29, 0.717) is 5.92 Å². The largest absolute Gasteiger partial charge is 0.504 e. The summed E-state index contributed by atoms with van der Waals surface area (Å²) in [6.07, 6.45) is 3.91. The lowest BCUT2D eigenvalue weighted by molar-refractivity contribution is 0.306. The highest BCUT2D eigenvalue weighted by Crippen LogP contribution is 2.54. The van der Waals surface area contributed by atoms with Crippen LogP contribution in [0.3, 0.4) is 0 Å². The van der Waals surface area contributed by atoms with Crippen molar-refractivity contribution in [3.8, 4) is 5.75 Å². The van der Waals surface area contributed by atoms with Gasteiger partial charge in [-0.25, -0.2) is 0 Å². The number of hydrogen-bond donors (Lipinski definition) is 0. The Hall–Kier alpha value is -1.90. The first-order valence-corrected chi connectivity index (χ1v) is 9.42. The number of fused-ring (bicyclic) bond motifs is 1. The lowest BCUT2D eigenvalue weighted by Crippen LogP contribution is -2.26. The molecule has 136 valence electrons. The summed E-state index contributed by atoms with van der Waals surface area (Å²) in [6.45, 7) is 13.4. The Bertz CT molecular complexity index is 705. The molecule has 3 heteroatoms. The Morgan fingerprint density at radius 1 is 1.20 bits per heavy atom. The van der Waals surface area contributed by atoms with Crippen LogP contribution in [0.1, 0.15) is 58.9 Å². The molecule has 2 aliphatic rings. The summed E-state index contributed by atoms with van der Waals surface area (Å²) in [6, 6.07) is 6.74. The molecule has 1 heterocycles. The maximum Gasteiger partial charge on any atom is 0.133 e. The molecule has 0 aromatic heterocycles. The standard InChI is InChI=1S/C22H31NO2/c1-7-23(8-2)16-10-12-17-19(13-16)25-21-15(14-24-6)9-11-18(21)20(17)22(3,4)5/h10,12-14,20H,7-9,11H2,1-6H3/b15-14+. The van der Waals surface area contributed by atoms with E-state index in [1.54, 1.807) is 7.11 Å². The van der Waals surface area contributed by atoms with Gasteiger partial charge in [-0.3, -0.25) is 0 Å². The number of ether oxygens (including phenoxy) is 2. The van der Waals surface area contributed by atoms with E-state index in [1.807, 2.05) is 6.26 Å². The second-order valence-electron chi connectivity index (χ2n) is 8.03. The van der Waals surface area contributed by atoms with E-state index in [4.69, 9.17) is 9.47 Å². The normalized spacial score (nSPS) is 21.0. The molecule has 3 rings (SSSR count). The van der Waals surface area contributed by atoms with Gasteiger partial charge < -0.3 is 14.4 Å². The predicted molar refractivity (Wildman–Crippen MR) is 104 cm³/mol. The number of nitrogens with zero attached hydrogens (tertiary/aromatic N) is 1. The number of rotatable bonds is 4. The van der Waals surface area contributed by atoms with Crippen LogP contribution in [0.25, 0.3) is 0 Å². The lowest BCUT2D eigenvalue weighted by Gasteiger charge is -2.37. The minimum atomic E-state index is 0.151. The second-order valence-corrected chi connectivity index (χ2v) is 8.03. The predicted octanol–water partition coefficient (Wildman–Crippen LogP) is 5.63. The first kappa shape index (κ1) is 17.9. The summed E-state index contributed by atoms with van der Waals surface area (Å²) in [7, 11) is 1.71. The van der Waals surface area contributed by atoms with Crippen molar-refractivity contribution < 1.29 is 9.47 Å². The summed E-state index contributed by atoms with van der Waals surface area (Å²) in [5.41, 5.74) is 5.32. The van der Waals surface area contributed by atoms with Gasteiger partial charge in [0, 0.05) is 41.9 Å². The zero-order valence-corrected chi connectivity index (χ0v) is 16.5. The van der Waals surface area contributed by atoms with Gasteiger partial charge in [0.05, 0.1) is 13.4 Å². The van der Waals surface area contributed by atoms with Crippen LogP contribution >= 0.6 is 0 Å². The third kappa shape index (κ3) is 3.17. The maximum absolute atomic E-state index is 6.43. The first-order chi connectivity index (χ1) is 11.9. The summed E-state index contributed by atoms with van der Waals surface area (Å²) >= 11 is 0. The number of benzene rings is 1. The van der Waals surface area contributed by atoms with Crippen LogP contribution in [0.15, 0.2) is 41.4 Å². The number of allylic oxidation sites excluding steroid dienone is 2. The van der Waals surface area contributed by atoms with Gasteiger partial charge in [0.1, 0.15) is 11.5 Å². The minimum absolute atomic E-state index is 0.151. The number of methoxy groups -OCH3 is 1. The Morgan fingerprint density at radius 2 is 1.92 bits per heavy atom. The van der Waals surface area contributed by atoms with E-state index in [2.05, 4.69) is 57.7 Å². The highest BCUT2D eigenvalue weighted by Gasteiger charge is 2.40. The minimum Gasteiger partial charge on any atom is -0.504 e. The topological polar surface area (TPSA) is 21.7 Å². The molecule has 0 amide bonds. The van der Waals surface area contributed by atoms with E-state index in [1.165, 1.54) is 22.4 Å². The third-order valence-corrected chi connectivity index (χ3v) is 5.37. The van der Waals surface area contributed by atoms with Crippen molar-refractivity contribution >= 4 is 5.69 Å². The zero-order chi connectivity index (χ0) is 18.2. The molecule has 1 aromatic carbocycles. The smallest absolute Gasteiger partial charge is 0.133 e. The zero-order valence-electron chi connectivity index (χ0n) is 16.5. The SMILES string of the molecule is CCN(CC)c1ccc2c(c1)OC1=C(CC/C1=C\OC)C2C(C)(C)C.